The summed E-state index contributed by atoms with van der Waals surface area (Å²) in [6.45, 7) is 1.95. The van der Waals surface area contributed by atoms with E-state index in [9.17, 15) is 18.0 Å². The van der Waals surface area contributed by atoms with Crippen molar-refractivity contribution in [3.63, 3.8) is 0 Å². The molecule has 2 aromatic carbocycles. The molecule has 1 aliphatic rings. The predicted octanol–water partition coefficient (Wildman–Crippen LogP) is 6.11. The third-order valence-corrected chi connectivity index (χ3v) is 5.95. The van der Waals surface area contributed by atoms with Gasteiger partial charge in [-0.25, -0.2) is 0 Å². The highest BCUT2D eigenvalue weighted by atomic mass is 79.9. The van der Waals surface area contributed by atoms with Gasteiger partial charge < -0.3 is 14.2 Å². The standard InChI is InChI=1S/C23H22BrF3N2O4/c1-2-31-22(30)10-14-6-8-17(33-23(25,26)27)12-21(14)32-13-20-18-11-15(24)7-9-19(18)28-29(20)16-4-3-5-16/h6-9,11-12,16H,2-5,10,13H2,1H3. The minimum atomic E-state index is -4.84. The van der Waals surface area contributed by atoms with Crippen LogP contribution < -0.4 is 9.47 Å². The largest absolute Gasteiger partial charge is 0.573 e. The van der Waals surface area contributed by atoms with Crippen LogP contribution in [0.25, 0.3) is 10.9 Å². The van der Waals surface area contributed by atoms with Crippen LogP contribution in [0.4, 0.5) is 13.2 Å². The van der Waals surface area contributed by atoms with Crippen molar-refractivity contribution < 1.29 is 32.2 Å². The van der Waals surface area contributed by atoms with E-state index in [0.29, 0.717) is 5.56 Å². The molecule has 0 radical (unpaired) electrons. The van der Waals surface area contributed by atoms with Crippen molar-refractivity contribution in [2.45, 2.75) is 51.6 Å². The molecular weight excluding hydrogens is 505 g/mol. The summed E-state index contributed by atoms with van der Waals surface area (Å²) in [7, 11) is 0. The summed E-state index contributed by atoms with van der Waals surface area (Å²) in [4.78, 5) is 12.0. The Labute approximate surface area is 196 Å². The van der Waals surface area contributed by atoms with Crippen molar-refractivity contribution in [1.82, 2.24) is 9.78 Å². The Morgan fingerprint density at radius 3 is 2.67 bits per heavy atom. The molecular formula is C23H22BrF3N2O4. The van der Waals surface area contributed by atoms with Gasteiger partial charge in [0.05, 0.1) is 30.3 Å². The average molecular weight is 527 g/mol. The van der Waals surface area contributed by atoms with Crippen molar-refractivity contribution in [2.75, 3.05) is 6.61 Å². The molecule has 1 fully saturated rings. The molecule has 176 valence electrons. The molecule has 0 amide bonds. The second-order valence-corrected chi connectivity index (χ2v) is 8.64. The number of aromatic nitrogens is 2. The summed E-state index contributed by atoms with van der Waals surface area (Å²) < 4.78 is 56.1. The molecule has 33 heavy (non-hydrogen) atoms. The number of nitrogens with zero attached hydrogens (tertiary/aromatic N) is 2. The van der Waals surface area contributed by atoms with E-state index in [1.165, 1.54) is 6.07 Å². The smallest absolute Gasteiger partial charge is 0.487 e. The summed E-state index contributed by atoms with van der Waals surface area (Å²) in [5, 5.41) is 5.61. The van der Waals surface area contributed by atoms with Crippen molar-refractivity contribution in [3.05, 3.63) is 52.1 Å². The fourth-order valence-corrected chi connectivity index (χ4v) is 4.09. The number of hydrogen-bond acceptors (Lipinski definition) is 5. The van der Waals surface area contributed by atoms with Crippen LogP contribution in [0.15, 0.2) is 40.9 Å². The molecule has 0 spiro atoms. The van der Waals surface area contributed by atoms with Gasteiger partial charge in [0.1, 0.15) is 18.1 Å². The molecule has 6 nitrogen and oxygen atoms in total. The van der Waals surface area contributed by atoms with E-state index in [1.54, 1.807) is 6.92 Å². The number of esters is 1. The lowest BCUT2D eigenvalue weighted by molar-refractivity contribution is -0.274. The molecule has 1 aliphatic carbocycles. The first kappa shape index (κ1) is 23.4. The number of carbonyl (C=O) groups excluding carboxylic acids is 1. The zero-order chi connectivity index (χ0) is 23.6. The van der Waals surface area contributed by atoms with Crippen LogP contribution in [0.3, 0.4) is 0 Å². The van der Waals surface area contributed by atoms with Crippen LogP contribution >= 0.6 is 15.9 Å². The Morgan fingerprint density at radius 2 is 2.00 bits per heavy atom. The molecule has 0 atom stereocenters. The van der Waals surface area contributed by atoms with Gasteiger partial charge in [0, 0.05) is 21.5 Å². The van der Waals surface area contributed by atoms with Crippen LogP contribution in [0.1, 0.15) is 43.5 Å². The number of hydrogen-bond donors (Lipinski definition) is 0. The van der Waals surface area contributed by atoms with Gasteiger partial charge in [-0.05, 0) is 50.5 Å². The lowest BCUT2D eigenvalue weighted by Gasteiger charge is -2.27. The van der Waals surface area contributed by atoms with Crippen LogP contribution in [0.2, 0.25) is 0 Å². The minimum Gasteiger partial charge on any atom is -0.487 e. The second-order valence-electron chi connectivity index (χ2n) is 7.73. The first-order valence-electron chi connectivity index (χ1n) is 10.6. The summed E-state index contributed by atoms with van der Waals surface area (Å²) in [5.41, 5.74) is 2.04. The van der Waals surface area contributed by atoms with Gasteiger partial charge in [0.15, 0.2) is 0 Å². The Balaban J connectivity index is 1.66. The fraction of sp³-hybridized carbons (Fsp3) is 0.391. The SMILES string of the molecule is CCOC(=O)Cc1ccc(OC(F)(F)F)cc1OCc1c2cc(Br)ccc2nn1C1CCC1. The van der Waals surface area contributed by atoms with Gasteiger partial charge in [-0.1, -0.05) is 22.0 Å². The maximum absolute atomic E-state index is 12.7. The van der Waals surface area contributed by atoms with E-state index in [1.807, 2.05) is 22.9 Å². The Hall–Kier alpha value is -2.75. The zero-order valence-corrected chi connectivity index (χ0v) is 19.4. The molecule has 0 N–H and O–H groups in total. The number of benzene rings is 2. The normalized spacial score (nSPS) is 14.2. The van der Waals surface area contributed by atoms with Crippen molar-refractivity contribution in [1.29, 1.82) is 0 Å². The predicted molar refractivity (Wildman–Crippen MR) is 118 cm³/mol. The molecule has 0 bridgehead atoms. The van der Waals surface area contributed by atoms with Crippen LogP contribution in [0, 0.1) is 0 Å². The van der Waals surface area contributed by atoms with Gasteiger partial charge in [0.25, 0.3) is 0 Å². The quantitative estimate of drug-likeness (QED) is 0.331. The van der Waals surface area contributed by atoms with E-state index in [2.05, 4.69) is 20.7 Å². The van der Waals surface area contributed by atoms with E-state index in [-0.39, 0.29) is 31.4 Å². The van der Waals surface area contributed by atoms with Crippen molar-refractivity contribution >= 4 is 32.8 Å². The maximum atomic E-state index is 12.7. The average Bonchev–Trinajstić information content (AvgIpc) is 3.02. The number of carbonyl (C=O) groups is 1. The molecule has 0 aliphatic heterocycles. The van der Waals surface area contributed by atoms with Gasteiger partial charge in [-0.3, -0.25) is 9.48 Å². The van der Waals surface area contributed by atoms with E-state index in [0.717, 1.165) is 52.5 Å². The first-order valence-corrected chi connectivity index (χ1v) is 11.4. The van der Waals surface area contributed by atoms with E-state index >= 15 is 0 Å². The highest BCUT2D eigenvalue weighted by molar-refractivity contribution is 9.10. The summed E-state index contributed by atoms with van der Waals surface area (Å²) >= 11 is 3.48. The molecule has 10 heteroatoms. The van der Waals surface area contributed by atoms with Crippen LogP contribution in [0.5, 0.6) is 11.5 Å². The topological polar surface area (TPSA) is 62.6 Å². The minimum absolute atomic E-state index is 0.0642. The van der Waals surface area contributed by atoms with Gasteiger partial charge in [-0.15, -0.1) is 13.2 Å². The highest BCUT2D eigenvalue weighted by Gasteiger charge is 2.31. The molecule has 1 saturated carbocycles. The molecule has 0 saturated heterocycles. The molecule has 1 heterocycles. The highest BCUT2D eigenvalue weighted by Crippen LogP contribution is 2.36. The number of ether oxygens (including phenoxy) is 3. The van der Waals surface area contributed by atoms with Gasteiger partial charge in [-0.2, -0.15) is 5.10 Å². The Bertz CT molecular complexity index is 1160. The Kier molecular flexibility index (Phi) is 6.83. The number of halogens is 4. The summed E-state index contributed by atoms with van der Waals surface area (Å²) in [5.74, 6) is -0.805. The zero-order valence-electron chi connectivity index (χ0n) is 17.8. The maximum Gasteiger partial charge on any atom is 0.573 e. The van der Waals surface area contributed by atoms with Crippen LogP contribution in [-0.2, 0) is 22.6 Å². The number of rotatable bonds is 8. The third-order valence-electron chi connectivity index (χ3n) is 5.46. The summed E-state index contributed by atoms with van der Waals surface area (Å²) in [6, 6.07) is 9.69. The van der Waals surface area contributed by atoms with E-state index < -0.39 is 18.1 Å². The monoisotopic (exact) mass is 526 g/mol. The lowest BCUT2D eigenvalue weighted by Crippen LogP contribution is -2.21. The first-order chi connectivity index (χ1) is 15.7. The molecule has 3 aromatic rings. The molecule has 4 rings (SSSR count). The molecule has 0 unspecified atom stereocenters. The van der Waals surface area contributed by atoms with Crippen molar-refractivity contribution in [2.24, 2.45) is 0 Å². The molecule has 1 aromatic heterocycles. The fourth-order valence-electron chi connectivity index (χ4n) is 3.73. The van der Waals surface area contributed by atoms with Gasteiger partial charge in [0.2, 0.25) is 0 Å². The second kappa shape index (κ2) is 9.62. The lowest BCUT2D eigenvalue weighted by atomic mass is 9.93. The summed E-state index contributed by atoms with van der Waals surface area (Å²) in [6.07, 6.45) is -1.85. The third kappa shape index (κ3) is 5.61. The number of alkyl halides is 3. The van der Waals surface area contributed by atoms with Crippen LogP contribution in [-0.4, -0.2) is 28.7 Å². The van der Waals surface area contributed by atoms with Gasteiger partial charge >= 0.3 is 12.3 Å². The van der Waals surface area contributed by atoms with E-state index in [4.69, 9.17) is 14.6 Å². The number of fused-ring (bicyclic) bond motifs is 1. The van der Waals surface area contributed by atoms with Crippen molar-refractivity contribution in [3.8, 4) is 11.5 Å². The Morgan fingerprint density at radius 1 is 1.21 bits per heavy atom.